The van der Waals surface area contributed by atoms with E-state index in [1.165, 1.54) is 5.56 Å². The van der Waals surface area contributed by atoms with Crippen LogP contribution in [0.4, 0.5) is 0 Å². The highest BCUT2D eigenvalue weighted by Gasteiger charge is 2.20. The molecule has 0 amide bonds. The van der Waals surface area contributed by atoms with Crippen molar-refractivity contribution < 1.29 is 4.74 Å². The number of aromatic nitrogens is 5. The Hall–Kier alpha value is -1.09. The molecular formula is C15H25ClN6OS. The van der Waals surface area contributed by atoms with Gasteiger partial charge in [0.2, 0.25) is 0 Å². The third-order valence-electron chi connectivity index (χ3n) is 3.92. The molecule has 0 radical (unpaired) electrons. The topological polar surface area (TPSA) is 69.8 Å². The Morgan fingerprint density at radius 1 is 1.42 bits per heavy atom. The molecule has 7 nitrogen and oxygen atoms in total. The summed E-state index contributed by atoms with van der Waals surface area (Å²) >= 11 is 1.75. The second kappa shape index (κ2) is 9.41. The number of aryl methyl sites for hydroxylation is 2. The zero-order valence-corrected chi connectivity index (χ0v) is 15.8. The van der Waals surface area contributed by atoms with Crippen molar-refractivity contribution in [2.75, 3.05) is 19.4 Å². The first-order valence-electron chi connectivity index (χ1n) is 8.05. The zero-order valence-electron chi connectivity index (χ0n) is 14.1. The van der Waals surface area contributed by atoms with Gasteiger partial charge in [0.1, 0.15) is 5.82 Å². The summed E-state index contributed by atoms with van der Waals surface area (Å²) in [5.41, 5.74) is 1.25. The molecule has 0 bridgehead atoms. The molecular weight excluding hydrogens is 348 g/mol. The van der Waals surface area contributed by atoms with Crippen molar-refractivity contribution in [3.8, 4) is 0 Å². The van der Waals surface area contributed by atoms with Gasteiger partial charge in [0.15, 0.2) is 5.16 Å². The van der Waals surface area contributed by atoms with Gasteiger partial charge in [-0.3, -0.25) is 4.68 Å². The number of nitrogens with zero attached hydrogens (tertiary/aromatic N) is 5. The zero-order chi connectivity index (χ0) is 16.1. The second-order valence-electron chi connectivity index (χ2n) is 5.80. The summed E-state index contributed by atoms with van der Waals surface area (Å²) in [5, 5.41) is 17.1. The van der Waals surface area contributed by atoms with Crippen molar-refractivity contribution in [1.82, 2.24) is 29.9 Å². The molecule has 9 heteroatoms. The first kappa shape index (κ1) is 19.2. The van der Waals surface area contributed by atoms with Gasteiger partial charge in [0.25, 0.3) is 0 Å². The largest absolute Gasteiger partial charge is 0.376 e. The molecule has 0 spiro atoms. The molecule has 1 atom stereocenters. The van der Waals surface area contributed by atoms with E-state index in [-0.39, 0.29) is 12.4 Å². The van der Waals surface area contributed by atoms with Gasteiger partial charge in [-0.25, -0.2) is 0 Å². The van der Waals surface area contributed by atoms with E-state index in [9.17, 15) is 0 Å². The van der Waals surface area contributed by atoms with Crippen LogP contribution in [-0.2, 0) is 31.3 Å². The standard InChI is InChI=1S/C15H24N6OS.ClH/c1-16-9-14-18-19-15(21(14)11-13-4-3-6-22-13)23-7-5-12-8-17-20(2)10-12;/h8,10,13,16H,3-7,9,11H2,1-2H3;1H. The lowest BCUT2D eigenvalue weighted by Crippen LogP contribution is -2.20. The SMILES string of the molecule is CNCc1nnc(SCCc2cnn(C)c2)n1CC1CCCO1.Cl. The Morgan fingerprint density at radius 2 is 2.29 bits per heavy atom. The number of halogens is 1. The van der Waals surface area contributed by atoms with E-state index in [0.717, 1.165) is 55.7 Å². The van der Waals surface area contributed by atoms with E-state index in [1.807, 2.05) is 25.0 Å². The number of nitrogens with one attached hydrogen (secondary N) is 1. The van der Waals surface area contributed by atoms with Crippen molar-refractivity contribution >= 4 is 24.2 Å². The molecule has 0 aliphatic carbocycles. The highest BCUT2D eigenvalue weighted by molar-refractivity contribution is 7.99. The summed E-state index contributed by atoms with van der Waals surface area (Å²) < 4.78 is 9.82. The minimum Gasteiger partial charge on any atom is -0.376 e. The molecule has 3 rings (SSSR count). The molecule has 0 aromatic carbocycles. The first-order chi connectivity index (χ1) is 11.3. The summed E-state index contributed by atoms with van der Waals surface area (Å²) in [6.45, 7) is 2.44. The molecule has 1 aliphatic heterocycles. The molecule has 24 heavy (non-hydrogen) atoms. The third-order valence-corrected chi connectivity index (χ3v) is 4.89. The van der Waals surface area contributed by atoms with Gasteiger partial charge in [0.05, 0.1) is 25.4 Å². The van der Waals surface area contributed by atoms with E-state index < -0.39 is 0 Å². The van der Waals surface area contributed by atoms with Crippen molar-refractivity contribution in [3.05, 3.63) is 23.8 Å². The Kier molecular flexibility index (Phi) is 7.54. The highest BCUT2D eigenvalue weighted by atomic mass is 35.5. The van der Waals surface area contributed by atoms with E-state index in [4.69, 9.17) is 4.74 Å². The molecule has 1 aliphatic rings. The van der Waals surface area contributed by atoms with Gasteiger partial charge in [-0.15, -0.1) is 22.6 Å². The van der Waals surface area contributed by atoms with Crippen LogP contribution in [0.15, 0.2) is 17.6 Å². The Bertz CT molecular complexity index is 625. The highest BCUT2D eigenvalue weighted by Crippen LogP contribution is 2.22. The van der Waals surface area contributed by atoms with Gasteiger partial charge < -0.3 is 14.6 Å². The minimum absolute atomic E-state index is 0. The summed E-state index contributed by atoms with van der Waals surface area (Å²) in [4.78, 5) is 0. The van der Waals surface area contributed by atoms with Gasteiger partial charge in [0, 0.05) is 25.6 Å². The molecule has 2 aromatic heterocycles. The molecule has 1 saturated heterocycles. The average molecular weight is 373 g/mol. The van der Waals surface area contributed by atoms with Crippen LogP contribution in [0.1, 0.15) is 24.2 Å². The average Bonchev–Trinajstić information content (AvgIpc) is 3.25. The summed E-state index contributed by atoms with van der Waals surface area (Å²) in [6, 6.07) is 0. The predicted octanol–water partition coefficient (Wildman–Crippen LogP) is 1.67. The van der Waals surface area contributed by atoms with Gasteiger partial charge >= 0.3 is 0 Å². The van der Waals surface area contributed by atoms with Crippen molar-refractivity contribution in [1.29, 1.82) is 0 Å². The maximum absolute atomic E-state index is 5.77. The minimum atomic E-state index is 0. The van der Waals surface area contributed by atoms with Crippen LogP contribution in [0.3, 0.4) is 0 Å². The second-order valence-corrected chi connectivity index (χ2v) is 6.86. The van der Waals surface area contributed by atoms with Crippen LogP contribution in [0.5, 0.6) is 0 Å². The van der Waals surface area contributed by atoms with Crippen LogP contribution in [-0.4, -0.2) is 50.1 Å². The summed E-state index contributed by atoms with van der Waals surface area (Å²) in [6.07, 6.45) is 7.52. The van der Waals surface area contributed by atoms with E-state index in [2.05, 4.69) is 31.4 Å². The molecule has 2 aromatic rings. The maximum atomic E-state index is 5.77. The van der Waals surface area contributed by atoms with Crippen molar-refractivity contribution in [3.63, 3.8) is 0 Å². The third kappa shape index (κ3) is 4.95. The van der Waals surface area contributed by atoms with Gasteiger partial charge in [-0.2, -0.15) is 5.10 Å². The van der Waals surface area contributed by atoms with E-state index in [0.29, 0.717) is 6.10 Å². The molecule has 0 saturated carbocycles. The molecule has 3 heterocycles. The van der Waals surface area contributed by atoms with Crippen LogP contribution in [0.25, 0.3) is 0 Å². The smallest absolute Gasteiger partial charge is 0.191 e. The van der Waals surface area contributed by atoms with Gasteiger partial charge in [-0.1, -0.05) is 11.8 Å². The lowest BCUT2D eigenvalue weighted by Gasteiger charge is -2.14. The molecule has 134 valence electrons. The Morgan fingerprint density at radius 3 is 2.96 bits per heavy atom. The van der Waals surface area contributed by atoms with E-state index in [1.54, 1.807) is 11.8 Å². The fourth-order valence-electron chi connectivity index (χ4n) is 2.75. The molecule has 1 N–H and O–H groups in total. The van der Waals surface area contributed by atoms with Crippen molar-refractivity contribution in [2.45, 2.75) is 43.6 Å². The lowest BCUT2D eigenvalue weighted by atomic mass is 10.2. The van der Waals surface area contributed by atoms with Crippen LogP contribution in [0, 0.1) is 0 Å². The van der Waals surface area contributed by atoms with Crippen LogP contribution >= 0.6 is 24.2 Å². The predicted molar refractivity (Wildman–Crippen MR) is 96.6 cm³/mol. The maximum Gasteiger partial charge on any atom is 0.191 e. The summed E-state index contributed by atoms with van der Waals surface area (Å²) in [7, 11) is 3.87. The number of hydrogen-bond acceptors (Lipinski definition) is 6. The van der Waals surface area contributed by atoms with Gasteiger partial charge in [-0.05, 0) is 31.9 Å². The monoisotopic (exact) mass is 372 g/mol. The number of hydrogen-bond donors (Lipinski definition) is 1. The Balaban J connectivity index is 0.00000208. The molecule has 1 fully saturated rings. The lowest BCUT2D eigenvalue weighted by molar-refractivity contribution is 0.0941. The summed E-state index contributed by atoms with van der Waals surface area (Å²) in [5.74, 6) is 1.95. The Labute approximate surface area is 153 Å². The first-order valence-corrected chi connectivity index (χ1v) is 9.03. The number of rotatable bonds is 8. The fourth-order valence-corrected chi connectivity index (χ4v) is 3.71. The fraction of sp³-hybridized carbons (Fsp3) is 0.667. The molecule has 1 unspecified atom stereocenters. The number of ether oxygens (including phenoxy) is 1. The van der Waals surface area contributed by atoms with Crippen molar-refractivity contribution in [2.24, 2.45) is 7.05 Å². The van der Waals surface area contributed by atoms with Crippen LogP contribution < -0.4 is 5.32 Å². The van der Waals surface area contributed by atoms with E-state index >= 15 is 0 Å². The normalized spacial score (nSPS) is 17.2. The number of thioether (sulfide) groups is 1. The quantitative estimate of drug-likeness (QED) is 0.711. The van der Waals surface area contributed by atoms with Crippen LogP contribution in [0.2, 0.25) is 0 Å².